The normalized spacial score (nSPS) is 11.6. The molecule has 35 heavy (non-hydrogen) atoms. The molecule has 0 spiro atoms. The van der Waals surface area contributed by atoms with E-state index in [9.17, 15) is 19.7 Å². The minimum absolute atomic E-state index is 0.0571. The van der Waals surface area contributed by atoms with Gasteiger partial charge in [-0.15, -0.1) is 0 Å². The van der Waals surface area contributed by atoms with Crippen LogP contribution >= 0.6 is 0 Å². The molecule has 0 bridgehead atoms. The Balaban J connectivity index is 1.62. The summed E-state index contributed by atoms with van der Waals surface area (Å²) in [5.74, 6) is -0.622. The van der Waals surface area contributed by atoms with E-state index in [0.717, 1.165) is 5.69 Å². The molecule has 2 aromatic carbocycles. The highest BCUT2D eigenvalue weighted by molar-refractivity contribution is 6.05. The number of nitrogens with zero attached hydrogens (tertiary/aromatic N) is 4. The van der Waals surface area contributed by atoms with Gasteiger partial charge in [-0.25, -0.2) is 4.68 Å². The zero-order valence-corrected chi connectivity index (χ0v) is 19.4. The van der Waals surface area contributed by atoms with Crippen molar-refractivity contribution in [1.29, 1.82) is 0 Å². The smallest absolute Gasteiger partial charge is 0.295 e. The van der Waals surface area contributed by atoms with Gasteiger partial charge in [0, 0.05) is 24.9 Å². The Bertz CT molecular complexity index is 1440. The standard InChI is InChI=1S/C25H24N6O4/c1-16(20-11-7-8-14-26-20)27-21-13-12-18(15-22(21)31(34)35)24(32)28-23-17(2)29(3)30(25(23)33)19-9-5-4-6-10-19/h4-16,27H,1-3H3,(H,28,32). The van der Waals surface area contributed by atoms with E-state index in [1.807, 2.05) is 37.3 Å². The lowest BCUT2D eigenvalue weighted by Gasteiger charge is -2.15. The Morgan fingerprint density at radius 1 is 1.09 bits per heavy atom. The molecular weight excluding hydrogens is 448 g/mol. The van der Waals surface area contributed by atoms with E-state index in [2.05, 4.69) is 15.6 Å². The van der Waals surface area contributed by atoms with Crippen LogP contribution in [0.2, 0.25) is 0 Å². The number of nitro benzene ring substituents is 1. The number of carbonyl (C=O) groups excluding carboxylic acids is 1. The molecule has 0 saturated heterocycles. The fraction of sp³-hybridized carbons (Fsp3) is 0.160. The summed E-state index contributed by atoms with van der Waals surface area (Å²) in [5.41, 5.74) is 1.68. The monoisotopic (exact) mass is 472 g/mol. The molecule has 1 amide bonds. The molecule has 0 aliphatic rings. The average molecular weight is 473 g/mol. The highest BCUT2D eigenvalue weighted by Crippen LogP contribution is 2.29. The minimum atomic E-state index is -0.622. The van der Waals surface area contributed by atoms with Crippen molar-refractivity contribution in [2.45, 2.75) is 19.9 Å². The lowest BCUT2D eigenvalue weighted by molar-refractivity contribution is -0.384. The number of para-hydroxylation sites is 1. The van der Waals surface area contributed by atoms with Crippen LogP contribution in [0, 0.1) is 17.0 Å². The molecule has 0 aliphatic heterocycles. The quantitative estimate of drug-likeness (QED) is 0.307. The summed E-state index contributed by atoms with van der Waals surface area (Å²) in [7, 11) is 1.72. The van der Waals surface area contributed by atoms with Gasteiger partial charge in [0.1, 0.15) is 11.4 Å². The summed E-state index contributed by atoms with van der Waals surface area (Å²) in [5, 5.41) is 17.5. The predicted molar refractivity (Wildman–Crippen MR) is 133 cm³/mol. The lowest BCUT2D eigenvalue weighted by Crippen LogP contribution is -2.23. The molecule has 1 atom stereocenters. The van der Waals surface area contributed by atoms with Gasteiger partial charge in [-0.1, -0.05) is 24.3 Å². The number of aromatic nitrogens is 3. The van der Waals surface area contributed by atoms with Gasteiger partial charge in [0.2, 0.25) is 0 Å². The van der Waals surface area contributed by atoms with Crippen LogP contribution in [0.15, 0.2) is 77.7 Å². The number of nitro groups is 1. The van der Waals surface area contributed by atoms with E-state index in [1.165, 1.54) is 22.9 Å². The molecule has 2 heterocycles. The van der Waals surface area contributed by atoms with E-state index in [0.29, 0.717) is 11.4 Å². The number of rotatable bonds is 7. The van der Waals surface area contributed by atoms with Crippen LogP contribution in [-0.2, 0) is 7.05 Å². The summed E-state index contributed by atoms with van der Waals surface area (Å²) >= 11 is 0. The van der Waals surface area contributed by atoms with E-state index < -0.39 is 16.4 Å². The van der Waals surface area contributed by atoms with Crippen LogP contribution < -0.4 is 16.2 Å². The predicted octanol–water partition coefficient (Wildman–Crippen LogP) is 4.21. The van der Waals surface area contributed by atoms with Gasteiger partial charge >= 0.3 is 0 Å². The maximum Gasteiger partial charge on any atom is 0.295 e. The molecule has 1 unspecified atom stereocenters. The second-order valence-electron chi connectivity index (χ2n) is 8.00. The first-order chi connectivity index (χ1) is 16.8. The molecule has 178 valence electrons. The third-order valence-electron chi connectivity index (χ3n) is 5.75. The van der Waals surface area contributed by atoms with Gasteiger partial charge in [0.25, 0.3) is 17.2 Å². The zero-order chi connectivity index (χ0) is 25.1. The first-order valence-electron chi connectivity index (χ1n) is 10.9. The SMILES string of the molecule is Cc1c(NC(=O)c2ccc(NC(C)c3ccccn3)c([N+](=O)[O-])c2)c(=O)n(-c2ccccc2)n1C. The van der Waals surface area contributed by atoms with Crippen LogP contribution in [-0.4, -0.2) is 25.2 Å². The van der Waals surface area contributed by atoms with Crippen LogP contribution in [0.5, 0.6) is 0 Å². The molecular formula is C25H24N6O4. The Morgan fingerprint density at radius 2 is 1.80 bits per heavy atom. The highest BCUT2D eigenvalue weighted by atomic mass is 16.6. The van der Waals surface area contributed by atoms with Gasteiger partial charge in [-0.05, 0) is 50.2 Å². The summed E-state index contributed by atoms with van der Waals surface area (Å²) < 4.78 is 3.08. The topological polar surface area (TPSA) is 124 Å². The van der Waals surface area contributed by atoms with Crippen molar-refractivity contribution < 1.29 is 9.72 Å². The summed E-state index contributed by atoms with van der Waals surface area (Å²) in [4.78, 5) is 41.5. The van der Waals surface area contributed by atoms with Crippen LogP contribution in [0.4, 0.5) is 17.1 Å². The second kappa shape index (κ2) is 9.64. The third kappa shape index (κ3) is 4.67. The fourth-order valence-corrected chi connectivity index (χ4v) is 3.78. The molecule has 4 rings (SSSR count). The van der Waals surface area contributed by atoms with Crippen molar-refractivity contribution in [2.75, 3.05) is 10.6 Å². The molecule has 0 aliphatic carbocycles. The molecule has 4 aromatic rings. The van der Waals surface area contributed by atoms with Gasteiger partial charge in [-0.2, -0.15) is 0 Å². The molecule has 10 heteroatoms. The maximum absolute atomic E-state index is 13.1. The largest absolute Gasteiger partial charge is 0.371 e. The van der Waals surface area contributed by atoms with Crippen molar-refractivity contribution in [1.82, 2.24) is 14.3 Å². The van der Waals surface area contributed by atoms with Crippen molar-refractivity contribution in [2.24, 2.45) is 7.05 Å². The average Bonchev–Trinajstić information content (AvgIpc) is 3.08. The van der Waals surface area contributed by atoms with E-state index in [4.69, 9.17) is 0 Å². The summed E-state index contributed by atoms with van der Waals surface area (Å²) in [6.45, 7) is 3.55. The molecule has 0 saturated carbocycles. The molecule has 10 nitrogen and oxygen atoms in total. The first-order valence-corrected chi connectivity index (χ1v) is 10.9. The summed E-state index contributed by atoms with van der Waals surface area (Å²) in [6, 6.07) is 18.3. The number of carbonyl (C=O) groups is 1. The number of anilines is 2. The van der Waals surface area contributed by atoms with E-state index in [-0.39, 0.29) is 28.7 Å². The van der Waals surface area contributed by atoms with Gasteiger partial charge < -0.3 is 10.6 Å². The van der Waals surface area contributed by atoms with Gasteiger partial charge in [0.15, 0.2) is 0 Å². The van der Waals surface area contributed by atoms with Crippen LogP contribution in [0.1, 0.15) is 34.7 Å². The molecule has 0 fully saturated rings. The Kier molecular flexibility index (Phi) is 6.45. The van der Waals surface area contributed by atoms with Crippen molar-refractivity contribution >= 4 is 23.0 Å². The van der Waals surface area contributed by atoms with Crippen LogP contribution in [0.3, 0.4) is 0 Å². The van der Waals surface area contributed by atoms with Crippen molar-refractivity contribution in [3.63, 3.8) is 0 Å². The maximum atomic E-state index is 13.1. The number of nitrogens with one attached hydrogen (secondary N) is 2. The highest BCUT2D eigenvalue weighted by Gasteiger charge is 2.22. The number of hydrogen-bond acceptors (Lipinski definition) is 6. The first kappa shape index (κ1) is 23.4. The number of amides is 1. The minimum Gasteiger partial charge on any atom is -0.371 e. The van der Waals surface area contributed by atoms with Crippen molar-refractivity contribution in [3.8, 4) is 5.69 Å². The van der Waals surface area contributed by atoms with Gasteiger partial charge in [-0.3, -0.25) is 29.4 Å². The summed E-state index contributed by atoms with van der Waals surface area (Å²) in [6.07, 6.45) is 1.65. The molecule has 2 N–H and O–H groups in total. The van der Waals surface area contributed by atoms with Crippen molar-refractivity contribution in [3.05, 3.63) is 110 Å². The Morgan fingerprint density at radius 3 is 2.46 bits per heavy atom. The van der Waals surface area contributed by atoms with Gasteiger partial charge in [0.05, 0.1) is 28.0 Å². The number of hydrogen-bond donors (Lipinski definition) is 2. The molecule has 2 aromatic heterocycles. The second-order valence-corrected chi connectivity index (χ2v) is 8.00. The number of benzene rings is 2. The van der Waals surface area contributed by atoms with Crippen LogP contribution in [0.25, 0.3) is 5.69 Å². The Labute approximate surface area is 201 Å². The number of pyridine rings is 1. The fourth-order valence-electron chi connectivity index (χ4n) is 3.78. The van der Waals surface area contributed by atoms with E-state index in [1.54, 1.807) is 43.0 Å². The lowest BCUT2D eigenvalue weighted by atomic mass is 10.1. The molecule has 0 radical (unpaired) electrons. The third-order valence-corrected chi connectivity index (χ3v) is 5.75. The van der Waals surface area contributed by atoms with E-state index >= 15 is 0 Å². The Hall–Kier alpha value is -4.73. The zero-order valence-electron chi connectivity index (χ0n) is 19.4.